The van der Waals surface area contributed by atoms with Crippen LogP contribution in [0.3, 0.4) is 0 Å². The maximum Gasteiger partial charge on any atom is 0.0345 e. The Morgan fingerprint density at radius 1 is 1.25 bits per heavy atom. The Hall–Kier alpha value is -0.340. The molecule has 0 saturated carbocycles. The lowest BCUT2D eigenvalue weighted by atomic mass is 9.91. The molecule has 0 amide bonds. The summed E-state index contributed by atoms with van der Waals surface area (Å²) in [5.74, 6) is 1.47. The normalized spacial score (nSPS) is 13.5. The van der Waals surface area contributed by atoms with Gasteiger partial charge in [0.2, 0.25) is 0 Å². The van der Waals surface area contributed by atoms with Gasteiger partial charge in [0.05, 0.1) is 0 Å². The average molecular weight is 297 g/mol. The van der Waals surface area contributed by atoms with Crippen molar-refractivity contribution in [3.05, 3.63) is 35.2 Å². The molecular formula is C14H17BrS. The molecule has 0 nitrogen and oxygen atoms in total. The lowest BCUT2D eigenvalue weighted by Crippen LogP contribution is -2.13. The number of benzene rings is 1. The van der Waals surface area contributed by atoms with E-state index in [1.807, 2.05) is 11.3 Å². The van der Waals surface area contributed by atoms with Crippen LogP contribution in [-0.4, -0.2) is 5.33 Å². The van der Waals surface area contributed by atoms with Crippen molar-refractivity contribution >= 4 is 37.4 Å². The van der Waals surface area contributed by atoms with Gasteiger partial charge in [0.15, 0.2) is 0 Å². The van der Waals surface area contributed by atoms with Gasteiger partial charge < -0.3 is 0 Å². The van der Waals surface area contributed by atoms with Crippen molar-refractivity contribution in [2.75, 3.05) is 5.33 Å². The quantitative estimate of drug-likeness (QED) is 0.688. The molecule has 0 radical (unpaired) electrons. The molecule has 86 valence electrons. The van der Waals surface area contributed by atoms with Crippen LogP contribution in [0.1, 0.15) is 19.4 Å². The zero-order valence-electron chi connectivity index (χ0n) is 9.74. The number of alkyl halides is 1. The van der Waals surface area contributed by atoms with Crippen LogP contribution in [0.25, 0.3) is 10.1 Å². The maximum atomic E-state index is 3.63. The summed E-state index contributed by atoms with van der Waals surface area (Å²) in [6.45, 7) is 4.61. The van der Waals surface area contributed by atoms with Crippen LogP contribution in [0, 0.1) is 11.8 Å². The summed E-state index contributed by atoms with van der Waals surface area (Å²) in [4.78, 5) is 0. The Morgan fingerprint density at radius 2 is 2.00 bits per heavy atom. The van der Waals surface area contributed by atoms with Crippen molar-refractivity contribution in [3.8, 4) is 0 Å². The first kappa shape index (κ1) is 12.1. The third kappa shape index (κ3) is 2.49. The van der Waals surface area contributed by atoms with Crippen LogP contribution in [0.5, 0.6) is 0 Å². The van der Waals surface area contributed by atoms with E-state index in [0.29, 0.717) is 0 Å². The first-order chi connectivity index (χ1) is 7.72. The van der Waals surface area contributed by atoms with Crippen LogP contribution >= 0.6 is 27.3 Å². The van der Waals surface area contributed by atoms with Crippen molar-refractivity contribution in [2.45, 2.75) is 20.3 Å². The van der Waals surface area contributed by atoms with Gasteiger partial charge in [-0.1, -0.05) is 48.0 Å². The SMILES string of the molecule is CC(C)C(CBr)Cc1csc2ccccc12. The highest BCUT2D eigenvalue weighted by atomic mass is 79.9. The second-order valence-corrected chi connectivity index (χ2v) is 6.18. The number of halogens is 1. The number of thiophene rings is 1. The molecule has 0 N–H and O–H groups in total. The van der Waals surface area contributed by atoms with Crippen LogP contribution in [0.4, 0.5) is 0 Å². The molecule has 0 bridgehead atoms. The molecule has 0 aliphatic rings. The molecule has 1 aromatic heterocycles. The fourth-order valence-corrected chi connectivity index (χ4v) is 3.89. The standard InChI is InChI=1S/C14H17BrS/c1-10(2)11(8-15)7-12-9-16-14-6-4-3-5-13(12)14/h3-6,9-11H,7-8H2,1-2H3. The van der Waals surface area contributed by atoms with Crippen molar-refractivity contribution < 1.29 is 0 Å². The highest BCUT2D eigenvalue weighted by Gasteiger charge is 2.14. The van der Waals surface area contributed by atoms with E-state index >= 15 is 0 Å². The molecule has 0 aliphatic carbocycles. The van der Waals surface area contributed by atoms with Crippen molar-refractivity contribution in [1.29, 1.82) is 0 Å². The van der Waals surface area contributed by atoms with E-state index in [1.165, 1.54) is 22.1 Å². The largest absolute Gasteiger partial charge is 0.144 e. The summed E-state index contributed by atoms with van der Waals surface area (Å²) in [7, 11) is 0. The van der Waals surface area contributed by atoms with Gasteiger partial charge in [0, 0.05) is 10.0 Å². The van der Waals surface area contributed by atoms with E-state index in [1.54, 1.807) is 0 Å². The van der Waals surface area contributed by atoms with Crippen LogP contribution in [0.2, 0.25) is 0 Å². The lowest BCUT2D eigenvalue weighted by Gasteiger charge is -2.17. The topological polar surface area (TPSA) is 0 Å². The summed E-state index contributed by atoms with van der Waals surface area (Å²) in [5, 5.41) is 4.86. The number of fused-ring (bicyclic) bond motifs is 1. The second kappa shape index (κ2) is 5.33. The van der Waals surface area contributed by atoms with Crippen molar-refractivity contribution in [2.24, 2.45) is 11.8 Å². The monoisotopic (exact) mass is 296 g/mol. The molecule has 1 aromatic carbocycles. The predicted octanol–water partition coefficient (Wildman–Crippen LogP) is 5.11. The van der Waals surface area contributed by atoms with Crippen LogP contribution in [-0.2, 0) is 6.42 Å². The molecule has 2 aromatic rings. The van der Waals surface area contributed by atoms with Gasteiger partial charge in [-0.15, -0.1) is 11.3 Å². The van der Waals surface area contributed by atoms with Crippen LogP contribution < -0.4 is 0 Å². The first-order valence-electron chi connectivity index (χ1n) is 5.73. The van der Waals surface area contributed by atoms with E-state index in [-0.39, 0.29) is 0 Å². The second-order valence-electron chi connectivity index (χ2n) is 4.62. The van der Waals surface area contributed by atoms with E-state index in [2.05, 4.69) is 59.4 Å². The van der Waals surface area contributed by atoms with Crippen LogP contribution in [0.15, 0.2) is 29.6 Å². The molecule has 0 spiro atoms. The molecule has 0 saturated heterocycles. The highest BCUT2D eigenvalue weighted by molar-refractivity contribution is 9.09. The van der Waals surface area contributed by atoms with Gasteiger partial charge in [-0.3, -0.25) is 0 Å². The molecule has 0 fully saturated rings. The molecule has 16 heavy (non-hydrogen) atoms. The van der Waals surface area contributed by atoms with E-state index in [0.717, 1.165) is 17.2 Å². The minimum absolute atomic E-state index is 0.734. The molecule has 2 rings (SSSR count). The van der Waals surface area contributed by atoms with Gasteiger partial charge in [0.1, 0.15) is 0 Å². The Bertz CT molecular complexity index is 458. The minimum atomic E-state index is 0.734. The summed E-state index contributed by atoms with van der Waals surface area (Å²) in [5.41, 5.74) is 1.51. The number of hydrogen-bond donors (Lipinski definition) is 0. The fraction of sp³-hybridized carbons (Fsp3) is 0.429. The number of rotatable bonds is 4. The first-order valence-corrected chi connectivity index (χ1v) is 7.73. The van der Waals surface area contributed by atoms with Gasteiger partial charge in [-0.2, -0.15) is 0 Å². The molecule has 1 heterocycles. The third-order valence-electron chi connectivity index (χ3n) is 3.18. The zero-order valence-corrected chi connectivity index (χ0v) is 12.1. The lowest BCUT2D eigenvalue weighted by molar-refractivity contribution is 0.428. The smallest absolute Gasteiger partial charge is 0.0345 e. The van der Waals surface area contributed by atoms with Crippen molar-refractivity contribution in [3.63, 3.8) is 0 Å². The fourth-order valence-electron chi connectivity index (χ4n) is 1.94. The summed E-state index contributed by atoms with van der Waals surface area (Å²) >= 11 is 5.49. The molecule has 1 atom stereocenters. The van der Waals surface area contributed by atoms with Gasteiger partial charge in [-0.05, 0) is 40.7 Å². The minimum Gasteiger partial charge on any atom is -0.144 e. The molecule has 0 aliphatic heterocycles. The summed E-state index contributed by atoms with van der Waals surface area (Å²) in [6, 6.07) is 8.71. The molecule has 2 heteroatoms. The third-order valence-corrected chi connectivity index (χ3v) is 5.03. The summed E-state index contributed by atoms with van der Waals surface area (Å²) < 4.78 is 1.41. The Labute approximate surface area is 110 Å². The predicted molar refractivity (Wildman–Crippen MR) is 77.7 cm³/mol. The Balaban J connectivity index is 2.27. The molecular weight excluding hydrogens is 280 g/mol. The van der Waals surface area contributed by atoms with Gasteiger partial charge >= 0.3 is 0 Å². The average Bonchev–Trinajstić information content (AvgIpc) is 2.69. The Morgan fingerprint density at radius 3 is 2.69 bits per heavy atom. The summed E-state index contributed by atoms with van der Waals surface area (Å²) in [6.07, 6.45) is 1.19. The Kier molecular flexibility index (Phi) is 4.04. The van der Waals surface area contributed by atoms with Gasteiger partial charge in [0.25, 0.3) is 0 Å². The highest BCUT2D eigenvalue weighted by Crippen LogP contribution is 2.29. The van der Waals surface area contributed by atoms with E-state index in [4.69, 9.17) is 0 Å². The number of hydrogen-bond acceptors (Lipinski definition) is 1. The zero-order chi connectivity index (χ0) is 11.5. The van der Waals surface area contributed by atoms with Gasteiger partial charge in [-0.25, -0.2) is 0 Å². The van der Waals surface area contributed by atoms with Crippen molar-refractivity contribution in [1.82, 2.24) is 0 Å². The molecule has 1 unspecified atom stereocenters. The maximum absolute atomic E-state index is 3.63. The van der Waals surface area contributed by atoms with E-state index < -0.39 is 0 Å². The van der Waals surface area contributed by atoms with E-state index in [9.17, 15) is 0 Å².